The third-order valence-electron chi connectivity index (χ3n) is 4.43. The van der Waals surface area contributed by atoms with Gasteiger partial charge in [0.25, 0.3) is 0 Å². The molecule has 0 unspecified atom stereocenters. The third kappa shape index (κ3) is 5.68. The molecule has 0 saturated carbocycles. The zero-order chi connectivity index (χ0) is 25.3. The lowest BCUT2D eigenvalue weighted by Crippen LogP contribution is -2.23. The number of primary sulfonamides is 1. The molecule has 5 N–H and O–H groups in total. The lowest BCUT2D eigenvalue weighted by atomic mass is 10.1. The largest absolute Gasteiger partial charge is 0.506 e. The smallest absolute Gasteiger partial charge is 0.244 e. The molecule has 0 atom stereocenters. The average molecular weight is 528 g/mol. The number of anilines is 1. The number of azo groups is 1. The molecule has 0 aliphatic rings. The number of fused-ring (bicyclic) bond motifs is 1. The van der Waals surface area contributed by atoms with Crippen LogP contribution in [0, 0.1) is 0 Å². The molecule has 0 aromatic heterocycles. The predicted molar refractivity (Wildman–Crippen MR) is 127 cm³/mol. The Balaban J connectivity index is 2.27. The molecule has 0 aliphatic carbocycles. The van der Waals surface area contributed by atoms with Crippen molar-refractivity contribution < 1.29 is 30.4 Å². The maximum absolute atomic E-state index is 12.6. The highest BCUT2D eigenvalue weighted by Crippen LogP contribution is 2.42. The fourth-order valence-electron chi connectivity index (χ4n) is 3.07. The van der Waals surface area contributed by atoms with Gasteiger partial charge in [0.15, 0.2) is 0 Å². The standard InChI is InChI=1S/C19H21N5O7S3/c1-3-21-34(30,31)17-11-16(23-22-12-7-9-13(10-8-12)33(20,28)29)18-14(19(17)25)5-4-6-15(18)24-32(2,26)27/h4-11,21,24-25H,3H2,1-2H3,(H2,20,28,29). The van der Waals surface area contributed by atoms with Crippen molar-refractivity contribution >= 4 is 57.9 Å². The van der Waals surface area contributed by atoms with Crippen molar-refractivity contribution in [3.63, 3.8) is 0 Å². The van der Waals surface area contributed by atoms with Crippen LogP contribution in [-0.2, 0) is 30.1 Å². The minimum atomic E-state index is -4.13. The second-order valence-electron chi connectivity index (χ2n) is 7.09. The Morgan fingerprint density at radius 1 is 0.971 bits per heavy atom. The molecule has 0 bridgehead atoms. The van der Waals surface area contributed by atoms with E-state index >= 15 is 0 Å². The van der Waals surface area contributed by atoms with E-state index in [4.69, 9.17) is 5.14 Å². The molecule has 0 amide bonds. The molecule has 3 aromatic rings. The summed E-state index contributed by atoms with van der Waals surface area (Å²) in [5.41, 5.74) is 0.186. The summed E-state index contributed by atoms with van der Waals surface area (Å²) in [5, 5.41) is 24.0. The van der Waals surface area contributed by atoms with E-state index < -0.39 is 40.7 Å². The van der Waals surface area contributed by atoms with Crippen molar-refractivity contribution in [2.24, 2.45) is 15.4 Å². The van der Waals surface area contributed by atoms with Crippen LogP contribution in [0.2, 0.25) is 0 Å². The lowest BCUT2D eigenvalue weighted by molar-refractivity contribution is 0.464. The molecule has 0 fully saturated rings. The van der Waals surface area contributed by atoms with Crippen LogP contribution in [0.15, 0.2) is 68.6 Å². The van der Waals surface area contributed by atoms with E-state index in [1.807, 2.05) is 0 Å². The Morgan fingerprint density at radius 3 is 2.18 bits per heavy atom. The quantitative estimate of drug-likeness (QED) is 0.322. The highest BCUT2D eigenvalue weighted by molar-refractivity contribution is 7.92. The van der Waals surface area contributed by atoms with Crippen LogP contribution in [0.1, 0.15) is 6.92 Å². The minimum absolute atomic E-state index is 0.0196. The van der Waals surface area contributed by atoms with Crippen molar-refractivity contribution in [2.75, 3.05) is 17.5 Å². The summed E-state index contributed by atoms with van der Waals surface area (Å²) in [4.78, 5) is -0.614. The molecule has 0 radical (unpaired) electrons. The fourth-order valence-corrected chi connectivity index (χ4v) is 5.33. The van der Waals surface area contributed by atoms with E-state index in [-0.39, 0.29) is 39.3 Å². The van der Waals surface area contributed by atoms with Crippen LogP contribution in [0.25, 0.3) is 10.8 Å². The predicted octanol–water partition coefficient (Wildman–Crippen LogP) is 2.28. The molecule has 34 heavy (non-hydrogen) atoms. The van der Waals surface area contributed by atoms with Gasteiger partial charge in [-0.05, 0) is 36.4 Å². The number of sulfonamides is 3. The van der Waals surface area contributed by atoms with E-state index in [0.717, 1.165) is 12.3 Å². The number of nitrogens with zero attached hydrogens (tertiary/aromatic N) is 2. The second kappa shape index (κ2) is 9.27. The number of hydrogen-bond donors (Lipinski definition) is 4. The number of benzene rings is 3. The summed E-state index contributed by atoms with van der Waals surface area (Å²) in [5.74, 6) is -0.593. The summed E-state index contributed by atoms with van der Waals surface area (Å²) in [7, 11) is -11.8. The van der Waals surface area contributed by atoms with Crippen LogP contribution in [0.5, 0.6) is 5.75 Å². The minimum Gasteiger partial charge on any atom is -0.506 e. The number of phenols is 1. The maximum Gasteiger partial charge on any atom is 0.244 e. The van der Waals surface area contributed by atoms with Gasteiger partial charge in [0.05, 0.1) is 28.2 Å². The molecule has 0 heterocycles. The highest BCUT2D eigenvalue weighted by Gasteiger charge is 2.24. The van der Waals surface area contributed by atoms with Crippen molar-refractivity contribution in [1.82, 2.24) is 4.72 Å². The number of hydrogen-bond acceptors (Lipinski definition) is 9. The first-order chi connectivity index (χ1) is 15.7. The fraction of sp³-hybridized carbons (Fsp3) is 0.158. The molecule has 3 rings (SSSR count). The zero-order valence-corrected chi connectivity index (χ0v) is 20.4. The summed E-state index contributed by atoms with van der Waals surface area (Å²) >= 11 is 0. The van der Waals surface area contributed by atoms with E-state index in [1.165, 1.54) is 42.5 Å². The van der Waals surface area contributed by atoms with Crippen LogP contribution in [0.3, 0.4) is 0 Å². The topological polar surface area (TPSA) is 197 Å². The number of aromatic hydroxyl groups is 1. The molecular formula is C19H21N5O7S3. The molecule has 12 nitrogen and oxygen atoms in total. The van der Waals surface area contributed by atoms with Crippen molar-refractivity contribution in [3.8, 4) is 5.75 Å². The van der Waals surface area contributed by atoms with Gasteiger partial charge < -0.3 is 5.11 Å². The Labute approximate surface area is 196 Å². The van der Waals surface area contributed by atoms with Gasteiger partial charge in [-0.25, -0.2) is 35.1 Å². The summed E-state index contributed by atoms with van der Waals surface area (Å²) in [6.07, 6.45) is 0.934. The number of phenolic OH excluding ortho intramolecular Hbond substituents is 1. The number of nitrogens with one attached hydrogen (secondary N) is 2. The van der Waals surface area contributed by atoms with Gasteiger partial charge >= 0.3 is 0 Å². The van der Waals surface area contributed by atoms with E-state index in [0.29, 0.717) is 0 Å². The maximum atomic E-state index is 12.6. The molecule has 0 aliphatic heterocycles. The molecule has 15 heteroatoms. The first kappa shape index (κ1) is 25.5. The molecular weight excluding hydrogens is 506 g/mol. The monoisotopic (exact) mass is 527 g/mol. The first-order valence-electron chi connectivity index (χ1n) is 9.53. The Bertz CT molecular complexity index is 1600. The van der Waals surface area contributed by atoms with Gasteiger partial charge in [0, 0.05) is 17.3 Å². The van der Waals surface area contributed by atoms with E-state index in [2.05, 4.69) is 19.7 Å². The summed E-state index contributed by atoms with van der Waals surface area (Å²) in [6, 6.07) is 10.4. The normalized spacial score (nSPS) is 12.9. The lowest BCUT2D eigenvalue weighted by Gasteiger charge is -2.14. The van der Waals surface area contributed by atoms with Gasteiger partial charge in [-0.3, -0.25) is 4.72 Å². The van der Waals surface area contributed by atoms with Gasteiger partial charge in [0.2, 0.25) is 30.1 Å². The Morgan fingerprint density at radius 2 is 1.62 bits per heavy atom. The van der Waals surface area contributed by atoms with Crippen molar-refractivity contribution in [3.05, 3.63) is 48.5 Å². The van der Waals surface area contributed by atoms with E-state index in [9.17, 15) is 30.4 Å². The van der Waals surface area contributed by atoms with Crippen molar-refractivity contribution in [1.29, 1.82) is 0 Å². The molecule has 182 valence electrons. The van der Waals surface area contributed by atoms with Crippen molar-refractivity contribution in [2.45, 2.75) is 16.7 Å². The first-order valence-corrected chi connectivity index (χ1v) is 14.5. The number of rotatable bonds is 8. The Hall–Kier alpha value is -3.11. The molecule has 0 spiro atoms. The molecule has 3 aromatic carbocycles. The van der Waals surface area contributed by atoms with Crippen LogP contribution in [0.4, 0.5) is 17.1 Å². The Kier molecular flexibility index (Phi) is 6.95. The number of nitrogens with two attached hydrogens (primary N) is 1. The van der Waals surface area contributed by atoms with Crippen LogP contribution >= 0.6 is 0 Å². The average Bonchev–Trinajstić information content (AvgIpc) is 2.72. The molecule has 0 saturated heterocycles. The van der Waals surface area contributed by atoms with Gasteiger partial charge in [-0.1, -0.05) is 19.1 Å². The van der Waals surface area contributed by atoms with Crippen LogP contribution < -0.4 is 14.6 Å². The van der Waals surface area contributed by atoms with Crippen LogP contribution in [-0.4, -0.2) is 43.2 Å². The van der Waals surface area contributed by atoms with Gasteiger partial charge in [-0.2, -0.15) is 5.11 Å². The zero-order valence-electron chi connectivity index (χ0n) is 17.9. The summed E-state index contributed by atoms with van der Waals surface area (Å²) in [6.45, 7) is 1.62. The van der Waals surface area contributed by atoms with Gasteiger partial charge in [-0.15, -0.1) is 5.11 Å². The summed E-state index contributed by atoms with van der Waals surface area (Å²) < 4.78 is 76.4. The third-order valence-corrected chi connectivity index (χ3v) is 7.51. The van der Waals surface area contributed by atoms with Gasteiger partial charge in [0.1, 0.15) is 10.6 Å². The SMILES string of the molecule is CCNS(=O)(=O)c1cc(N=Nc2ccc(S(N)(=O)=O)cc2)c2c(NS(C)(=O)=O)cccc2c1O. The highest BCUT2D eigenvalue weighted by atomic mass is 32.2. The van der Waals surface area contributed by atoms with E-state index in [1.54, 1.807) is 6.92 Å². The second-order valence-corrected chi connectivity index (χ2v) is 12.1.